The van der Waals surface area contributed by atoms with Gasteiger partial charge in [-0.05, 0) is 26.3 Å². The van der Waals surface area contributed by atoms with Crippen LogP contribution >= 0.6 is 0 Å². The van der Waals surface area contributed by atoms with E-state index in [1.807, 2.05) is 18.2 Å². The van der Waals surface area contributed by atoms with E-state index in [0.29, 0.717) is 5.06 Å². The van der Waals surface area contributed by atoms with E-state index in [1.54, 1.807) is 32.9 Å². The normalized spacial score (nSPS) is 12.4. The summed E-state index contributed by atoms with van der Waals surface area (Å²) in [5.41, 5.74) is 0.175. The first kappa shape index (κ1) is 17.0. The van der Waals surface area contributed by atoms with E-state index in [4.69, 9.17) is 9.94 Å². The average molecular weight is 294 g/mol. The topological polar surface area (TPSA) is 78.9 Å². The third kappa shape index (κ3) is 6.27. The van der Waals surface area contributed by atoms with Crippen molar-refractivity contribution < 1.29 is 19.5 Å². The number of benzene rings is 1. The number of carbonyl (C=O) groups excluding carboxylic acids is 2. The highest BCUT2D eigenvalue weighted by Crippen LogP contribution is 2.19. The van der Waals surface area contributed by atoms with Crippen molar-refractivity contribution >= 4 is 12.0 Å². The van der Waals surface area contributed by atoms with Crippen LogP contribution in [-0.4, -0.2) is 34.9 Å². The second kappa shape index (κ2) is 7.08. The molecule has 6 heteroatoms. The number of carbonyl (C=O) groups is 2. The smallest absolute Gasteiger partial charge is 0.341 e. The Morgan fingerprint density at radius 3 is 2.33 bits per heavy atom. The van der Waals surface area contributed by atoms with Crippen molar-refractivity contribution in [3.05, 3.63) is 35.9 Å². The summed E-state index contributed by atoms with van der Waals surface area (Å²) in [5.74, 6) is -0.419. The molecule has 1 aromatic carbocycles. The highest BCUT2D eigenvalue weighted by Gasteiger charge is 2.23. The first-order valence-electron chi connectivity index (χ1n) is 6.69. The lowest BCUT2D eigenvalue weighted by Gasteiger charge is -2.24. The molecule has 0 fully saturated rings. The van der Waals surface area contributed by atoms with Crippen LogP contribution in [0.1, 0.15) is 38.8 Å². The summed E-state index contributed by atoms with van der Waals surface area (Å²) >= 11 is 0. The first-order chi connectivity index (χ1) is 9.69. The van der Waals surface area contributed by atoms with Gasteiger partial charge < -0.3 is 10.1 Å². The predicted octanol–water partition coefficient (Wildman–Crippen LogP) is 2.49. The Labute approximate surface area is 124 Å². The number of esters is 1. The van der Waals surface area contributed by atoms with Gasteiger partial charge in [0, 0.05) is 7.05 Å². The van der Waals surface area contributed by atoms with Gasteiger partial charge in [0.2, 0.25) is 0 Å². The zero-order valence-corrected chi connectivity index (χ0v) is 12.8. The van der Waals surface area contributed by atoms with Gasteiger partial charge in [0.1, 0.15) is 5.60 Å². The van der Waals surface area contributed by atoms with Crippen LogP contribution in [0.3, 0.4) is 0 Å². The molecule has 0 aliphatic heterocycles. The lowest BCUT2D eigenvalue weighted by molar-refractivity contribution is -0.155. The lowest BCUT2D eigenvalue weighted by atomic mass is 10.0. The molecule has 0 saturated carbocycles. The third-order valence-corrected chi connectivity index (χ3v) is 2.58. The molecule has 1 atom stereocenters. The minimum atomic E-state index is -0.688. The molecule has 2 amide bonds. The summed E-state index contributed by atoms with van der Waals surface area (Å²) in [6, 6.07) is 7.81. The van der Waals surface area contributed by atoms with E-state index in [1.165, 1.54) is 7.05 Å². The monoisotopic (exact) mass is 294 g/mol. The number of ether oxygens (including phenoxy) is 1. The fourth-order valence-electron chi connectivity index (χ4n) is 1.73. The molecule has 0 saturated heterocycles. The molecule has 6 nitrogen and oxygen atoms in total. The van der Waals surface area contributed by atoms with Crippen molar-refractivity contribution in [3.8, 4) is 0 Å². The molecule has 0 aliphatic rings. The Kier molecular flexibility index (Phi) is 5.72. The van der Waals surface area contributed by atoms with Gasteiger partial charge in [0.05, 0.1) is 12.5 Å². The summed E-state index contributed by atoms with van der Waals surface area (Å²) < 4.78 is 5.27. The van der Waals surface area contributed by atoms with Gasteiger partial charge in [-0.1, -0.05) is 30.3 Å². The van der Waals surface area contributed by atoms with Crippen LogP contribution < -0.4 is 5.32 Å². The Bertz CT molecular complexity index is 480. The van der Waals surface area contributed by atoms with Gasteiger partial charge in [0.15, 0.2) is 0 Å². The lowest BCUT2D eigenvalue weighted by Crippen LogP contribution is -2.39. The van der Waals surface area contributed by atoms with Gasteiger partial charge in [-0.3, -0.25) is 10.0 Å². The van der Waals surface area contributed by atoms with Crippen molar-refractivity contribution in [1.29, 1.82) is 0 Å². The maximum atomic E-state index is 11.9. The highest BCUT2D eigenvalue weighted by atomic mass is 16.6. The minimum absolute atomic E-state index is 0.0130. The molecule has 0 aromatic heterocycles. The molecular formula is C15H22N2O4. The summed E-state index contributed by atoms with van der Waals surface area (Å²) in [6.07, 6.45) is -0.0130. The van der Waals surface area contributed by atoms with Gasteiger partial charge in [-0.2, -0.15) is 0 Å². The van der Waals surface area contributed by atoms with E-state index in [0.717, 1.165) is 5.56 Å². The Morgan fingerprint density at radius 1 is 1.29 bits per heavy atom. The summed E-state index contributed by atoms with van der Waals surface area (Å²) in [6.45, 7) is 5.34. The molecule has 116 valence electrons. The first-order valence-corrected chi connectivity index (χ1v) is 6.69. The summed E-state index contributed by atoms with van der Waals surface area (Å²) in [7, 11) is 1.21. The Hall–Kier alpha value is -2.08. The van der Waals surface area contributed by atoms with Crippen LogP contribution in [0, 0.1) is 0 Å². The number of urea groups is 1. The van der Waals surface area contributed by atoms with Gasteiger partial charge in [-0.25, -0.2) is 9.86 Å². The van der Waals surface area contributed by atoms with Gasteiger partial charge >= 0.3 is 12.0 Å². The van der Waals surface area contributed by atoms with Crippen molar-refractivity contribution in [1.82, 2.24) is 10.4 Å². The Balaban J connectivity index is 2.83. The molecule has 0 spiro atoms. The molecule has 1 aromatic rings. The number of hydroxylamine groups is 2. The second-order valence-corrected chi connectivity index (χ2v) is 5.73. The van der Waals surface area contributed by atoms with E-state index >= 15 is 0 Å². The maximum absolute atomic E-state index is 11.9. The zero-order valence-electron chi connectivity index (χ0n) is 12.8. The number of hydrogen-bond donors (Lipinski definition) is 2. The number of nitrogens with one attached hydrogen (secondary N) is 1. The zero-order chi connectivity index (χ0) is 16.0. The molecule has 0 radical (unpaired) electrons. The minimum Gasteiger partial charge on any atom is -0.460 e. The van der Waals surface area contributed by atoms with Crippen molar-refractivity contribution in [2.24, 2.45) is 0 Å². The van der Waals surface area contributed by atoms with E-state index in [9.17, 15) is 9.59 Å². The second-order valence-electron chi connectivity index (χ2n) is 5.73. The predicted molar refractivity (Wildman–Crippen MR) is 77.7 cm³/mol. The standard InChI is InChI=1S/C15H22N2O4/c1-15(2,3)21-13(18)10-12(16-14(19)17(4)20)11-8-6-5-7-9-11/h5-9,12,20H,10H2,1-4H3,(H,16,19). The van der Waals surface area contributed by atoms with E-state index < -0.39 is 23.6 Å². The van der Waals surface area contributed by atoms with Crippen LogP contribution in [0.15, 0.2) is 30.3 Å². The molecule has 0 bridgehead atoms. The fourth-order valence-corrected chi connectivity index (χ4v) is 1.73. The Morgan fingerprint density at radius 2 is 1.86 bits per heavy atom. The molecule has 0 heterocycles. The largest absolute Gasteiger partial charge is 0.460 e. The van der Waals surface area contributed by atoms with Crippen molar-refractivity contribution in [2.45, 2.75) is 38.8 Å². The molecule has 21 heavy (non-hydrogen) atoms. The molecule has 0 aliphatic carbocycles. The van der Waals surface area contributed by atoms with Crippen molar-refractivity contribution in [3.63, 3.8) is 0 Å². The molecular weight excluding hydrogens is 272 g/mol. The van der Waals surface area contributed by atoms with Crippen LogP contribution in [-0.2, 0) is 9.53 Å². The number of nitrogens with zero attached hydrogens (tertiary/aromatic N) is 1. The summed E-state index contributed by atoms with van der Waals surface area (Å²) in [4.78, 5) is 23.6. The van der Waals surface area contributed by atoms with Crippen LogP contribution in [0.2, 0.25) is 0 Å². The fraction of sp³-hybridized carbons (Fsp3) is 0.467. The quantitative estimate of drug-likeness (QED) is 0.508. The van der Waals surface area contributed by atoms with E-state index in [-0.39, 0.29) is 6.42 Å². The molecule has 1 rings (SSSR count). The van der Waals surface area contributed by atoms with Gasteiger partial charge in [-0.15, -0.1) is 0 Å². The number of hydrogen-bond acceptors (Lipinski definition) is 4. The number of amides is 2. The molecule has 2 N–H and O–H groups in total. The summed E-state index contributed by atoms with van der Waals surface area (Å²) in [5, 5.41) is 12.2. The average Bonchev–Trinajstić information content (AvgIpc) is 2.36. The third-order valence-electron chi connectivity index (χ3n) is 2.58. The maximum Gasteiger partial charge on any atom is 0.341 e. The highest BCUT2D eigenvalue weighted by molar-refractivity contribution is 5.75. The van der Waals surface area contributed by atoms with Crippen LogP contribution in [0.4, 0.5) is 4.79 Å². The van der Waals surface area contributed by atoms with Crippen molar-refractivity contribution in [2.75, 3.05) is 7.05 Å². The molecule has 1 unspecified atom stereocenters. The number of rotatable bonds is 4. The van der Waals surface area contributed by atoms with E-state index in [2.05, 4.69) is 5.32 Å². The van der Waals surface area contributed by atoms with Gasteiger partial charge in [0.25, 0.3) is 0 Å². The SMILES string of the molecule is CN(O)C(=O)NC(CC(=O)OC(C)(C)C)c1ccccc1. The van der Waals surface area contributed by atoms with Crippen LogP contribution in [0.25, 0.3) is 0 Å². The van der Waals surface area contributed by atoms with Crippen LogP contribution in [0.5, 0.6) is 0 Å².